The summed E-state index contributed by atoms with van der Waals surface area (Å²) in [5.41, 5.74) is 8.02. The Labute approximate surface area is 193 Å². The fourth-order valence-corrected chi connectivity index (χ4v) is 3.10. The molecule has 1 heterocycles. The van der Waals surface area contributed by atoms with E-state index in [9.17, 15) is 9.18 Å². The normalized spacial score (nSPS) is 14.1. The van der Waals surface area contributed by atoms with E-state index in [0.29, 0.717) is 25.6 Å². The zero-order valence-electron chi connectivity index (χ0n) is 16.9. The van der Waals surface area contributed by atoms with Crippen LogP contribution in [0.4, 0.5) is 10.1 Å². The van der Waals surface area contributed by atoms with Crippen molar-refractivity contribution in [2.45, 2.75) is 6.54 Å². The number of methoxy groups -OCH3 is 1. The minimum atomic E-state index is -0.242. The van der Waals surface area contributed by atoms with E-state index in [0.717, 1.165) is 30.1 Å². The van der Waals surface area contributed by atoms with Gasteiger partial charge in [-0.15, -0.1) is 24.0 Å². The Bertz CT molecular complexity index is 837. The summed E-state index contributed by atoms with van der Waals surface area (Å²) in [7, 11) is 1.61. The lowest BCUT2D eigenvalue weighted by Crippen LogP contribution is -2.51. The van der Waals surface area contributed by atoms with E-state index < -0.39 is 0 Å². The van der Waals surface area contributed by atoms with Crippen LogP contribution in [0.5, 0.6) is 5.75 Å². The maximum absolute atomic E-state index is 13.1. The molecule has 0 saturated carbocycles. The Morgan fingerprint density at radius 1 is 1.10 bits per heavy atom. The van der Waals surface area contributed by atoms with Gasteiger partial charge in [-0.25, -0.2) is 9.38 Å². The van der Waals surface area contributed by atoms with Gasteiger partial charge in [0.05, 0.1) is 7.11 Å². The van der Waals surface area contributed by atoms with Crippen molar-refractivity contribution in [3.05, 3.63) is 59.9 Å². The van der Waals surface area contributed by atoms with E-state index in [1.165, 1.54) is 12.1 Å². The van der Waals surface area contributed by atoms with Crippen LogP contribution in [0.25, 0.3) is 0 Å². The van der Waals surface area contributed by atoms with Crippen molar-refractivity contribution in [1.82, 2.24) is 10.2 Å². The minimum Gasteiger partial charge on any atom is -0.497 e. The molecular weight excluding hydrogens is 500 g/mol. The van der Waals surface area contributed by atoms with Gasteiger partial charge in [0.2, 0.25) is 5.91 Å². The third-order valence-electron chi connectivity index (χ3n) is 4.83. The summed E-state index contributed by atoms with van der Waals surface area (Å²) in [5.74, 6) is 0.711. The van der Waals surface area contributed by atoms with Crippen LogP contribution in [0, 0.1) is 5.82 Å². The molecule has 0 atom stereocenters. The molecule has 30 heavy (non-hydrogen) atoms. The van der Waals surface area contributed by atoms with Crippen molar-refractivity contribution in [3.63, 3.8) is 0 Å². The molecule has 1 aliphatic heterocycles. The molecule has 0 aliphatic carbocycles. The Hall–Kier alpha value is -2.56. The molecule has 1 amide bonds. The molecule has 3 N–H and O–H groups in total. The molecule has 9 heteroatoms. The van der Waals surface area contributed by atoms with Crippen molar-refractivity contribution >= 4 is 41.5 Å². The number of hydrogen-bond donors (Lipinski definition) is 2. The molecule has 1 aliphatic rings. The first-order valence-electron chi connectivity index (χ1n) is 9.50. The summed E-state index contributed by atoms with van der Waals surface area (Å²) in [5, 5.41) is 2.83. The molecule has 0 spiro atoms. The van der Waals surface area contributed by atoms with Gasteiger partial charge in [0.25, 0.3) is 0 Å². The molecule has 0 unspecified atom stereocenters. The Balaban J connectivity index is 0.00000320. The first kappa shape index (κ1) is 23.7. The highest BCUT2D eigenvalue weighted by Crippen LogP contribution is 2.16. The summed E-state index contributed by atoms with van der Waals surface area (Å²) in [6, 6.07) is 14.0. The smallest absolute Gasteiger partial charge is 0.242 e. The van der Waals surface area contributed by atoms with Crippen LogP contribution >= 0.6 is 24.0 Å². The van der Waals surface area contributed by atoms with Gasteiger partial charge >= 0.3 is 0 Å². The highest BCUT2D eigenvalue weighted by Gasteiger charge is 2.18. The van der Waals surface area contributed by atoms with Crippen molar-refractivity contribution < 1.29 is 13.9 Å². The number of ether oxygens (including phenoxy) is 1. The first-order valence-corrected chi connectivity index (χ1v) is 9.50. The van der Waals surface area contributed by atoms with Gasteiger partial charge in [0, 0.05) is 38.4 Å². The zero-order valence-corrected chi connectivity index (χ0v) is 19.2. The predicted octanol–water partition coefficient (Wildman–Crippen LogP) is 2.21. The highest BCUT2D eigenvalue weighted by atomic mass is 127. The zero-order chi connectivity index (χ0) is 20.6. The van der Waals surface area contributed by atoms with Crippen LogP contribution in [-0.4, -0.2) is 56.6 Å². The van der Waals surface area contributed by atoms with Crippen molar-refractivity contribution in [3.8, 4) is 5.75 Å². The number of hydrogen-bond acceptors (Lipinski definition) is 4. The number of carbonyl (C=O) groups excluding carboxylic acids is 1. The van der Waals surface area contributed by atoms with Gasteiger partial charge < -0.3 is 25.6 Å². The molecule has 2 aromatic carbocycles. The van der Waals surface area contributed by atoms with E-state index in [4.69, 9.17) is 10.5 Å². The van der Waals surface area contributed by atoms with Crippen molar-refractivity contribution in [1.29, 1.82) is 0 Å². The minimum absolute atomic E-state index is 0. The van der Waals surface area contributed by atoms with E-state index in [1.54, 1.807) is 19.2 Å². The monoisotopic (exact) mass is 527 g/mol. The Morgan fingerprint density at radius 2 is 1.73 bits per heavy atom. The Kier molecular flexibility index (Phi) is 9.15. The molecule has 0 aromatic heterocycles. The number of nitrogens with one attached hydrogen (secondary N) is 1. The van der Waals surface area contributed by atoms with Gasteiger partial charge in [-0.3, -0.25) is 4.79 Å². The van der Waals surface area contributed by atoms with Crippen molar-refractivity contribution in [2.75, 3.05) is 44.7 Å². The third kappa shape index (κ3) is 6.75. The number of benzene rings is 2. The van der Waals surface area contributed by atoms with E-state index in [1.807, 2.05) is 29.2 Å². The number of amides is 1. The number of halogens is 2. The molecule has 162 valence electrons. The number of rotatable bonds is 6. The van der Waals surface area contributed by atoms with E-state index in [2.05, 4.69) is 15.2 Å². The summed E-state index contributed by atoms with van der Waals surface area (Å²) in [4.78, 5) is 20.4. The van der Waals surface area contributed by atoms with Crippen LogP contribution in [0.15, 0.2) is 53.5 Å². The number of nitrogens with two attached hydrogens (primary N) is 1. The summed E-state index contributed by atoms with van der Waals surface area (Å²) < 4.78 is 18.2. The van der Waals surface area contributed by atoms with Crippen LogP contribution < -0.4 is 20.7 Å². The first-order chi connectivity index (χ1) is 14.0. The molecule has 0 bridgehead atoms. The topological polar surface area (TPSA) is 83.2 Å². The van der Waals surface area contributed by atoms with Gasteiger partial charge in [-0.2, -0.15) is 0 Å². The third-order valence-corrected chi connectivity index (χ3v) is 4.83. The molecular formula is C21H27FIN5O2. The van der Waals surface area contributed by atoms with E-state index >= 15 is 0 Å². The fraction of sp³-hybridized carbons (Fsp3) is 0.333. The maximum atomic E-state index is 13.1. The number of anilines is 1. The lowest BCUT2D eigenvalue weighted by atomic mass is 10.2. The molecule has 0 radical (unpaired) electrons. The maximum Gasteiger partial charge on any atom is 0.242 e. The van der Waals surface area contributed by atoms with Gasteiger partial charge in [-0.1, -0.05) is 12.1 Å². The largest absolute Gasteiger partial charge is 0.497 e. The average Bonchev–Trinajstić information content (AvgIpc) is 2.77. The Morgan fingerprint density at radius 3 is 2.33 bits per heavy atom. The predicted molar refractivity (Wildman–Crippen MR) is 127 cm³/mol. The van der Waals surface area contributed by atoms with E-state index in [-0.39, 0.29) is 42.2 Å². The lowest BCUT2D eigenvalue weighted by Gasteiger charge is -2.36. The van der Waals surface area contributed by atoms with Crippen LogP contribution in [0.3, 0.4) is 0 Å². The molecule has 7 nitrogen and oxygen atoms in total. The summed E-state index contributed by atoms with van der Waals surface area (Å²) >= 11 is 0. The lowest BCUT2D eigenvalue weighted by molar-refractivity contribution is -0.119. The van der Waals surface area contributed by atoms with Gasteiger partial charge in [0.15, 0.2) is 5.96 Å². The fourth-order valence-electron chi connectivity index (χ4n) is 3.10. The second-order valence-corrected chi connectivity index (χ2v) is 6.75. The van der Waals surface area contributed by atoms with Crippen LogP contribution in [0.1, 0.15) is 5.56 Å². The number of guanidine groups is 1. The second-order valence-electron chi connectivity index (χ2n) is 6.75. The quantitative estimate of drug-likeness (QED) is 0.342. The standard InChI is InChI=1S/C21H26FN5O2.HI/c1-29-19-8-2-16(3-9-19)14-24-20(28)15-25-21(23)27-12-10-26(11-13-27)18-6-4-17(22)5-7-18;/h2-9H,10-15H2,1H3,(H2,23,25)(H,24,28);1H. The molecule has 1 fully saturated rings. The molecule has 2 aromatic rings. The SMILES string of the molecule is COc1ccc(CNC(=O)CN=C(N)N2CCN(c3ccc(F)cc3)CC2)cc1.I. The molecule has 3 rings (SSSR count). The number of aliphatic imine (C=N–C) groups is 1. The average molecular weight is 527 g/mol. The molecule has 1 saturated heterocycles. The summed E-state index contributed by atoms with van der Waals surface area (Å²) in [6.07, 6.45) is 0. The number of nitrogens with zero attached hydrogens (tertiary/aromatic N) is 3. The van der Waals surface area contributed by atoms with Crippen LogP contribution in [0.2, 0.25) is 0 Å². The van der Waals surface area contributed by atoms with Gasteiger partial charge in [0.1, 0.15) is 18.1 Å². The van der Waals surface area contributed by atoms with Crippen LogP contribution in [-0.2, 0) is 11.3 Å². The highest BCUT2D eigenvalue weighted by molar-refractivity contribution is 14.0. The number of piperazine rings is 1. The van der Waals surface area contributed by atoms with Crippen molar-refractivity contribution in [2.24, 2.45) is 10.7 Å². The summed E-state index contributed by atoms with van der Waals surface area (Å²) in [6.45, 7) is 3.31. The van der Waals surface area contributed by atoms with Gasteiger partial charge in [-0.05, 0) is 42.0 Å². The second kappa shape index (κ2) is 11.6. The number of carbonyl (C=O) groups is 1.